The molecule has 3 heteroatoms. The van der Waals surface area contributed by atoms with Crippen molar-refractivity contribution in [2.24, 2.45) is 4.99 Å². The Morgan fingerprint density at radius 3 is 2.24 bits per heavy atom. The molecule has 0 saturated heterocycles. The van der Waals surface area contributed by atoms with Gasteiger partial charge in [-0.25, -0.2) is 0 Å². The highest BCUT2D eigenvalue weighted by molar-refractivity contribution is 5.99. The van der Waals surface area contributed by atoms with Crippen molar-refractivity contribution in [1.29, 1.82) is 0 Å². The predicted octanol–water partition coefficient (Wildman–Crippen LogP) is 6.19. The Bertz CT molecular complexity index is 1040. The van der Waals surface area contributed by atoms with E-state index in [4.69, 9.17) is 0 Å². The van der Waals surface area contributed by atoms with Gasteiger partial charge in [0, 0.05) is 18.2 Å². The third kappa shape index (κ3) is 4.68. The van der Waals surface area contributed by atoms with Crippen LogP contribution in [0.15, 0.2) is 53.7 Å². The van der Waals surface area contributed by atoms with Gasteiger partial charge in [0.2, 0.25) is 0 Å². The van der Waals surface area contributed by atoms with Gasteiger partial charge in [-0.15, -0.1) is 0 Å². The SMILES string of the molecule is Cc1c(C)c(C)c(C(=O)CCc2cccc(N=Cc3ccccn3)c2)c(C)c1C. The highest BCUT2D eigenvalue weighted by Crippen LogP contribution is 2.27. The Morgan fingerprint density at radius 1 is 0.897 bits per heavy atom. The number of hydrogen-bond donors (Lipinski definition) is 0. The Morgan fingerprint density at radius 2 is 1.59 bits per heavy atom. The highest BCUT2D eigenvalue weighted by Gasteiger charge is 2.18. The molecule has 2 aromatic carbocycles. The molecule has 0 radical (unpaired) electrons. The van der Waals surface area contributed by atoms with E-state index in [9.17, 15) is 4.79 Å². The van der Waals surface area contributed by atoms with E-state index >= 15 is 0 Å². The van der Waals surface area contributed by atoms with E-state index in [0.717, 1.165) is 33.6 Å². The third-order valence-corrected chi connectivity index (χ3v) is 5.86. The first-order valence-electron chi connectivity index (χ1n) is 10.0. The van der Waals surface area contributed by atoms with Crippen LogP contribution in [0.25, 0.3) is 0 Å². The molecule has 0 amide bonds. The van der Waals surface area contributed by atoms with Crippen molar-refractivity contribution in [2.45, 2.75) is 47.5 Å². The number of hydrogen-bond acceptors (Lipinski definition) is 3. The summed E-state index contributed by atoms with van der Waals surface area (Å²) in [4.78, 5) is 21.8. The Labute approximate surface area is 173 Å². The molecule has 1 heterocycles. The Balaban J connectivity index is 1.74. The minimum Gasteiger partial charge on any atom is -0.294 e. The first-order valence-corrected chi connectivity index (χ1v) is 10.0. The number of aliphatic imine (C=N–C) groups is 1. The number of rotatable bonds is 6. The summed E-state index contributed by atoms with van der Waals surface area (Å²) in [5.41, 5.74) is 9.67. The van der Waals surface area contributed by atoms with Crippen molar-refractivity contribution in [1.82, 2.24) is 4.98 Å². The van der Waals surface area contributed by atoms with Crippen LogP contribution in [0, 0.1) is 34.6 Å². The predicted molar refractivity (Wildman–Crippen MR) is 121 cm³/mol. The van der Waals surface area contributed by atoms with Gasteiger partial charge in [0.15, 0.2) is 5.78 Å². The summed E-state index contributed by atoms with van der Waals surface area (Å²) < 4.78 is 0. The van der Waals surface area contributed by atoms with Gasteiger partial charge in [0.1, 0.15) is 0 Å². The lowest BCUT2D eigenvalue weighted by Crippen LogP contribution is -2.10. The summed E-state index contributed by atoms with van der Waals surface area (Å²) in [6.45, 7) is 10.5. The number of nitrogens with zero attached hydrogens (tertiary/aromatic N) is 2. The molecule has 0 unspecified atom stereocenters. The van der Waals surface area contributed by atoms with Gasteiger partial charge in [-0.2, -0.15) is 0 Å². The number of aryl methyl sites for hydroxylation is 1. The van der Waals surface area contributed by atoms with E-state index in [1.165, 1.54) is 16.7 Å². The zero-order chi connectivity index (χ0) is 21.0. The molecule has 3 rings (SSSR count). The topological polar surface area (TPSA) is 42.3 Å². The fourth-order valence-electron chi connectivity index (χ4n) is 3.69. The number of pyridine rings is 1. The van der Waals surface area contributed by atoms with Gasteiger partial charge in [-0.3, -0.25) is 14.8 Å². The molecule has 0 atom stereocenters. The summed E-state index contributed by atoms with van der Waals surface area (Å²) in [5, 5.41) is 0. The summed E-state index contributed by atoms with van der Waals surface area (Å²) in [6.07, 6.45) is 4.71. The number of ketones is 1. The van der Waals surface area contributed by atoms with Crippen molar-refractivity contribution in [3.05, 3.63) is 93.3 Å². The van der Waals surface area contributed by atoms with E-state index in [0.29, 0.717) is 12.8 Å². The summed E-state index contributed by atoms with van der Waals surface area (Å²) in [6, 6.07) is 13.8. The van der Waals surface area contributed by atoms with E-state index in [2.05, 4.69) is 50.7 Å². The molecule has 0 saturated carbocycles. The molecule has 3 aromatic rings. The molecule has 148 valence electrons. The van der Waals surface area contributed by atoms with Crippen LogP contribution in [0.3, 0.4) is 0 Å². The molecule has 0 fully saturated rings. The zero-order valence-corrected chi connectivity index (χ0v) is 17.9. The van der Waals surface area contributed by atoms with Crippen LogP contribution < -0.4 is 0 Å². The summed E-state index contributed by atoms with van der Waals surface area (Å²) in [5.74, 6) is 0.216. The largest absolute Gasteiger partial charge is 0.294 e. The number of carbonyl (C=O) groups is 1. The highest BCUT2D eigenvalue weighted by atomic mass is 16.1. The molecule has 0 aliphatic carbocycles. The molecule has 0 aliphatic heterocycles. The monoisotopic (exact) mass is 384 g/mol. The van der Waals surface area contributed by atoms with Crippen LogP contribution in [0.2, 0.25) is 0 Å². The van der Waals surface area contributed by atoms with Crippen molar-refractivity contribution in [2.75, 3.05) is 0 Å². The van der Waals surface area contributed by atoms with Crippen LogP contribution in [0.5, 0.6) is 0 Å². The van der Waals surface area contributed by atoms with Crippen LogP contribution in [-0.2, 0) is 6.42 Å². The number of aromatic nitrogens is 1. The second kappa shape index (κ2) is 8.95. The van der Waals surface area contributed by atoms with Crippen molar-refractivity contribution < 1.29 is 4.79 Å². The van der Waals surface area contributed by atoms with Gasteiger partial charge < -0.3 is 0 Å². The minimum atomic E-state index is 0.216. The standard InChI is InChI=1S/C26H28N2O/c1-17-18(2)20(4)26(21(5)19(17)3)25(29)13-12-22-9-8-11-23(15-22)28-16-24-10-6-7-14-27-24/h6-11,14-16H,12-13H2,1-5H3. The lowest BCUT2D eigenvalue weighted by molar-refractivity contribution is 0.0981. The summed E-state index contributed by atoms with van der Waals surface area (Å²) >= 11 is 0. The average molecular weight is 385 g/mol. The van der Waals surface area contributed by atoms with Gasteiger partial charge in [-0.1, -0.05) is 18.2 Å². The smallest absolute Gasteiger partial charge is 0.163 e. The number of Topliss-reactive ketones (excluding diaryl/α,β-unsaturated/α-hetero) is 1. The zero-order valence-electron chi connectivity index (χ0n) is 17.9. The summed E-state index contributed by atoms with van der Waals surface area (Å²) in [7, 11) is 0. The first kappa shape index (κ1) is 20.7. The molecule has 0 bridgehead atoms. The number of carbonyl (C=O) groups excluding carboxylic acids is 1. The second-order valence-electron chi connectivity index (χ2n) is 7.61. The molecular weight excluding hydrogens is 356 g/mol. The van der Waals surface area contributed by atoms with E-state index < -0.39 is 0 Å². The third-order valence-electron chi connectivity index (χ3n) is 5.86. The van der Waals surface area contributed by atoms with Crippen molar-refractivity contribution >= 4 is 17.7 Å². The minimum absolute atomic E-state index is 0.216. The molecule has 29 heavy (non-hydrogen) atoms. The lowest BCUT2D eigenvalue weighted by Gasteiger charge is -2.18. The van der Waals surface area contributed by atoms with Gasteiger partial charge in [0.25, 0.3) is 0 Å². The molecule has 0 aliphatic rings. The van der Waals surface area contributed by atoms with Crippen molar-refractivity contribution in [3.8, 4) is 0 Å². The molecule has 0 spiro atoms. The Kier molecular flexibility index (Phi) is 6.38. The van der Waals surface area contributed by atoms with Gasteiger partial charge >= 0.3 is 0 Å². The van der Waals surface area contributed by atoms with E-state index in [1.807, 2.05) is 36.4 Å². The number of benzene rings is 2. The first-order chi connectivity index (χ1) is 13.9. The molecular formula is C26H28N2O. The van der Waals surface area contributed by atoms with Gasteiger partial charge in [-0.05, 0) is 98.7 Å². The van der Waals surface area contributed by atoms with E-state index in [1.54, 1.807) is 12.4 Å². The van der Waals surface area contributed by atoms with Crippen LogP contribution in [0.4, 0.5) is 5.69 Å². The van der Waals surface area contributed by atoms with Gasteiger partial charge in [0.05, 0.1) is 17.6 Å². The second-order valence-corrected chi connectivity index (χ2v) is 7.61. The van der Waals surface area contributed by atoms with E-state index in [-0.39, 0.29) is 5.78 Å². The molecule has 0 N–H and O–H groups in total. The average Bonchev–Trinajstić information content (AvgIpc) is 2.74. The van der Waals surface area contributed by atoms with Crippen molar-refractivity contribution in [3.63, 3.8) is 0 Å². The fourth-order valence-corrected chi connectivity index (χ4v) is 3.69. The molecule has 1 aromatic heterocycles. The maximum atomic E-state index is 13.0. The Hall–Kier alpha value is -3.07. The van der Waals surface area contributed by atoms with Crippen LogP contribution >= 0.6 is 0 Å². The van der Waals surface area contributed by atoms with Crippen LogP contribution in [0.1, 0.15) is 55.9 Å². The fraction of sp³-hybridized carbons (Fsp3) is 0.269. The molecule has 3 nitrogen and oxygen atoms in total. The van der Waals surface area contributed by atoms with Crippen LogP contribution in [-0.4, -0.2) is 17.0 Å². The quantitative estimate of drug-likeness (QED) is 0.376. The maximum Gasteiger partial charge on any atom is 0.163 e. The lowest BCUT2D eigenvalue weighted by atomic mass is 9.86. The normalized spacial score (nSPS) is 11.2. The maximum absolute atomic E-state index is 13.0.